The second-order valence-corrected chi connectivity index (χ2v) is 6.64. The number of hydrogen-bond acceptors (Lipinski definition) is 5. The minimum Gasteiger partial charge on any atom is -0.481 e. The summed E-state index contributed by atoms with van der Waals surface area (Å²) in [6.07, 6.45) is -1.16. The second kappa shape index (κ2) is 7.91. The average Bonchev–Trinajstić information content (AvgIpc) is 2.25. The zero-order valence-electron chi connectivity index (χ0n) is 10.8. The molecule has 1 amide bonds. The van der Waals surface area contributed by atoms with Crippen LogP contribution >= 0.6 is 7.37 Å². The minimum atomic E-state index is -3.68. The summed E-state index contributed by atoms with van der Waals surface area (Å²) in [7, 11) is -3.68. The summed E-state index contributed by atoms with van der Waals surface area (Å²) in [5.41, 5.74) is 0. The normalized spacial score (nSPS) is 15.1. The van der Waals surface area contributed by atoms with Crippen LogP contribution in [0.4, 0.5) is 0 Å². The number of aliphatic carboxylic acids is 1. The van der Waals surface area contributed by atoms with Crippen molar-refractivity contribution in [3.8, 4) is 0 Å². The number of nitrogens with one attached hydrogen (secondary N) is 1. The first kappa shape index (κ1) is 17.6. The zero-order valence-corrected chi connectivity index (χ0v) is 11.7. The molecule has 2 atom stereocenters. The fourth-order valence-electron chi connectivity index (χ4n) is 1.22. The van der Waals surface area contributed by atoms with Gasteiger partial charge in [0.15, 0.2) is 6.73 Å². The Hall–Kier alpha value is -1.40. The molecule has 0 heterocycles. The zero-order chi connectivity index (χ0) is 15.1. The maximum Gasteiger partial charge on any atom is 0.310 e. The van der Waals surface area contributed by atoms with Gasteiger partial charge in [0.25, 0.3) is 0 Å². The molecule has 0 bridgehead atoms. The van der Waals surface area contributed by atoms with Gasteiger partial charge in [-0.05, 0) is 0 Å². The first-order chi connectivity index (χ1) is 8.64. The predicted octanol–water partition coefficient (Wildman–Crippen LogP) is 0.00440. The number of rotatable bonds is 8. The van der Waals surface area contributed by atoms with Gasteiger partial charge in [-0.1, -0.05) is 6.92 Å². The van der Waals surface area contributed by atoms with Gasteiger partial charge in [-0.2, -0.15) is 0 Å². The van der Waals surface area contributed by atoms with E-state index >= 15 is 0 Å². The van der Waals surface area contributed by atoms with Gasteiger partial charge >= 0.3 is 11.9 Å². The number of amides is 1. The first-order valence-electron chi connectivity index (χ1n) is 5.58. The lowest BCUT2D eigenvalue weighted by Gasteiger charge is -2.15. The topological polar surface area (TPSA) is 130 Å². The molecule has 0 aliphatic rings. The van der Waals surface area contributed by atoms with Crippen LogP contribution in [0, 0.1) is 5.92 Å². The molecule has 9 heteroatoms. The largest absolute Gasteiger partial charge is 0.481 e. The smallest absolute Gasteiger partial charge is 0.310 e. The molecule has 0 aliphatic heterocycles. The SMILES string of the molecule is CC(=O)NCOC(=O)C(C)CP(=O)(O)CCC(=O)O. The number of carbonyl (C=O) groups is 3. The summed E-state index contributed by atoms with van der Waals surface area (Å²) in [6.45, 7) is 2.36. The highest BCUT2D eigenvalue weighted by Crippen LogP contribution is 2.43. The Kier molecular flexibility index (Phi) is 7.33. The standard InChI is InChI=1S/C10H18NO7P/c1-7(10(15)18-6-11-8(2)12)5-19(16,17)4-3-9(13)14/h7H,3-6H2,1-2H3,(H,11,12)(H,13,14)(H,16,17). The van der Waals surface area contributed by atoms with Crippen molar-refractivity contribution in [3.05, 3.63) is 0 Å². The molecule has 110 valence electrons. The molecule has 0 saturated heterocycles. The number of esters is 1. The van der Waals surface area contributed by atoms with Crippen LogP contribution in [0.15, 0.2) is 0 Å². The summed E-state index contributed by atoms with van der Waals surface area (Å²) in [6, 6.07) is 0. The molecule has 0 aromatic carbocycles. The van der Waals surface area contributed by atoms with Crippen molar-refractivity contribution in [1.82, 2.24) is 5.32 Å². The van der Waals surface area contributed by atoms with Crippen molar-refractivity contribution in [3.63, 3.8) is 0 Å². The van der Waals surface area contributed by atoms with Crippen LogP contribution in [-0.2, 0) is 23.7 Å². The van der Waals surface area contributed by atoms with Crippen molar-refractivity contribution in [2.24, 2.45) is 5.92 Å². The summed E-state index contributed by atoms with van der Waals surface area (Å²) >= 11 is 0. The van der Waals surface area contributed by atoms with Gasteiger partial charge in [-0.25, -0.2) is 0 Å². The van der Waals surface area contributed by atoms with E-state index in [0.717, 1.165) is 0 Å². The molecule has 0 aromatic heterocycles. The van der Waals surface area contributed by atoms with Crippen molar-refractivity contribution in [2.75, 3.05) is 19.1 Å². The third-order valence-electron chi connectivity index (χ3n) is 2.17. The second-order valence-electron chi connectivity index (χ2n) is 4.14. The fraction of sp³-hybridized carbons (Fsp3) is 0.700. The summed E-state index contributed by atoms with van der Waals surface area (Å²) < 4.78 is 16.3. The van der Waals surface area contributed by atoms with E-state index in [1.54, 1.807) is 0 Å². The van der Waals surface area contributed by atoms with Gasteiger partial charge in [0.1, 0.15) is 0 Å². The predicted molar refractivity (Wildman–Crippen MR) is 65.8 cm³/mol. The molecule has 19 heavy (non-hydrogen) atoms. The minimum absolute atomic E-state index is 0.302. The van der Waals surface area contributed by atoms with Gasteiger partial charge in [0.2, 0.25) is 13.3 Å². The average molecular weight is 295 g/mol. The lowest BCUT2D eigenvalue weighted by atomic mass is 10.2. The quantitative estimate of drug-likeness (QED) is 0.326. The molecular formula is C10H18NO7P. The lowest BCUT2D eigenvalue weighted by molar-refractivity contribution is -0.148. The lowest BCUT2D eigenvalue weighted by Crippen LogP contribution is -2.28. The molecule has 0 rings (SSSR count). The Labute approximate surface area is 110 Å². The molecule has 0 aliphatic carbocycles. The van der Waals surface area contributed by atoms with Gasteiger partial charge in [0, 0.05) is 19.2 Å². The maximum absolute atomic E-state index is 11.6. The van der Waals surface area contributed by atoms with Crippen LogP contribution in [0.1, 0.15) is 20.3 Å². The van der Waals surface area contributed by atoms with Crippen LogP contribution in [0.5, 0.6) is 0 Å². The molecule has 0 aromatic rings. The number of hydrogen-bond donors (Lipinski definition) is 3. The fourth-order valence-corrected chi connectivity index (χ4v) is 2.94. The van der Waals surface area contributed by atoms with E-state index in [2.05, 4.69) is 10.1 Å². The molecular weight excluding hydrogens is 277 g/mol. The van der Waals surface area contributed by atoms with E-state index in [1.165, 1.54) is 13.8 Å². The Morgan fingerprint density at radius 1 is 1.37 bits per heavy atom. The monoisotopic (exact) mass is 295 g/mol. The van der Waals surface area contributed by atoms with E-state index in [9.17, 15) is 23.8 Å². The maximum atomic E-state index is 11.6. The van der Waals surface area contributed by atoms with Crippen molar-refractivity contribution >= 4 is 25.2 Å². The summed E-state index contributed by atoms with van der Waals surface area (Å²) in [5, 5.41) is 10.7. The Bertz CT molecular complexity index is 395. The van der Waals surface area contributed by atoms with Gasteiger partial charge < -0.3 is 20.1 Å². The van der Waals surface area contributed by atoms with E-state index in [1.807, 2.05) is 0 Å². The molecule has 3 N–H and O–H groups in total. The molecule has 0 fully saturated rings. The highest BCUT2D eigenvalue weighted by Gasteiger charge is 2.27. The van der Waals surface area contributed by atoms with E-state index in [0.29, 0.717) is 0 Å². The van der Waals surface area contributed by atoms with Crippen LogP contribution in [0.2, 0.25) is 0 Å². The van der Waals surface area contributed by atoms with E-state index in [-0.39, 0.29) is 25.0 Å². The summed E-state index contributed by atoms with van der Waals surface area (Å²) in [5.74, 6) is -3.11. The molecule has 8 nitrogen and oxygen atoms in total. The van der Waals surface area contributed by atoms with Gasteiger partial charge in [-0.3, -0.25) is 18.9 Å². The molecule has 2 unspecified atom stereocenters. The van der Waals surface area contributed by atoms with Crippen LogP contribution in [-0.4, -0.2) is 46.9 Å². The van der Waals surface area contributed by atoms with Crippen molar-refractivity contribution in [1.29, 1.82) is 0 Å². The van der Waals surface area contributed by atoms with Crippen molar-refractivity contribution in [2.45, 2.75) is 20.3 Å². The van der Waals surface area contributed by atoms with E-state index in [4.69, 9.17) is 5.11 Å². The van der Waals surface area contributed by atoms with Gasteiger partial charge in [0.05, 0.1) is 12.3 Å². The third-order valence-corrected chi connectivity index (χ3v) is 4.21. The highest BCUT2D eigenvalue weighted by molar-refractivity contribution is 7.58. The Balaban J connectivity index is 4.15. The molecule has 0 saturated carbocycles. The van der Waals surface area contributed by atoms with Gasteiger partial charge in [-0.15, -0.1) is 0 Å². The molecule has 0 radical (unpaired) electrons. The van der Waals surface area contributed by atoms with Crippen LogP contribution < -0.4 is 5.32 Å². The number of carboxylic acids is 1. The van der Waals surface area contributed by atoms with Crippen LogP contribution in [0.3, 0.4) is 0 Å². The van der Waals surface area contributed by atoms with E-state index < -0.39 is 31.6 Å². The Morgan fingerprint density at radius 2 is 1.95 bits per heavy atom. The Morgan fingerprint density at radius 3 is 2.42 bits per heavy atom. The number of carbonyl (C=O) groups excluding carboxylic acids is 2. The van der Waals surface area contributed by atoms with Crippen molar-refractivity contribution < 1.29 is 33.7 Å². The first-order valence-corrected chi connectivity index (χ1v) is 7.61. The third kappa shape index (κ3) is 9.21. The highest BCUT2D eigenvalue weighted by atomic mass is 31.2. The number of ether oxygens (including phenoxy) is 1. The number of carboxylic acid groups (broad SMARTS) is 1. The summed E-state index contributed by atoms with van der Waals surface area (Å²) in [4.78, 5) is 41.8. The molecule has 0 spiro atoms. The van der Waals surface area contributed by atoms with Crippen LogP contribution in [0.25, 0.3) is 0 Å².